The first kappa shape index (κ1) is 17.6. The Bertz CT molecular complexity index is 1010. The number of carbonyl (C=O) groups excluding carboxylic acids is 1. The normalized spacial score (nSPS) is 16.4. The van der Waals surface area contributed by atoms with Crippen LogP contribution < -0.4 is 0 Å². The number of nitro groups is 1. The molecule has 1 atom stereocenters. The Hall–Kier alpha value is -2.77. The summed E-state index contributed by atoms with van der Waals surface area (Å²) in [7, 11) is 0. The van der Waals surface area contributed by atoms with Gasteiger partial charge < -0.3 is 4.90 Å². The van der Waals surface area contributed by atoms with Gasteiger partial charge in [0.15, 0.2) is 0 Å². The standard InChI is InChI=1S/C20H16N2O3S2/c23-19(8-7-14-4-1-2-5-16(14)22(24)25)21-11-9-17-15(10-13-27-17)20(21)18-6-3-12-26-18/h1-8,10,12-13,20H,9,11H2/b8-7+/t20-/m1/s1. The summed E-state index contributed by atoms with van der Waals surface area (Å²) < 4.78 is 0. The molecule has 0 unspecified atom stereocenters. The number of fused-ring (bicyclic) bond motifs is 1. The number of nitro benzene ring substituents is 1. The molecule has 0 N–H and O–H groups in total. The number of rotatable bonds is 4. The summed E-state index contributed by atoms with van der Waals surface area (Å²) in [5, 5.41) is 15.2. The predicted octanol–water partition coefficient (Wildman–Crippen LogP) is 4.91. The quantitative estimate of drug-likeness (QED) is 0.358. The molecule has 1 amide bonds. The van der Waals surface area contributed by atoms with E-state index in [0.29, 0.717) is 12.1 Å². The lowest BCUT2D eigenvalue weighted by atomic mass is 9.98. The SMILES string of the molecule is O=C(/C=C/c1ccccc1[N+](=O)[O-])N1CCc2sccc2[C@@H]1c1cccs1. The van der Waals surface area contributed by atoms with Gasteiger partial charge in [0.2, 0.25) is 5.91 Å². The zero-order valence-corrected chi connectivity index (χ0v) is 15.9. The van der Waals surface area contributed by atoms with Crippen LogP contribution >= 0.6 is 22.7 Å². The topological polar surface area (TPSA) is 63.4 Å². The van der Waals surface area contributed by atoms with Crippen LogP contribution in [0.3, 0.4) is 0 Å². The minimum absolute atomic E-state index is 0.00452. The molecule has 0 spiro atoms. The lowest BCUT2D eigenvalue weighted by Crippen LogP contribution is -2.38. The Kier molecular flexibility index (Phi) is 4.87. The minimum Gasteiger partial charge on any atom is -0.327 e. The third-order valence-corrected chi connectivity index (χ3v) is 6.52. The van der Waals surface area contributed by atoms with Crippen molar-refractivity contribution >= 4 is 40.3 Å². The summed E-state index contributed by atoms with van der Waals surface area (Å²) >= 11 is 3.36. The largest absolute Gasteiger partial charge is 0.327 e. The molecule has 0 saturated heterocycles. The Morgan fingerprint density at radius 3 is 2.78 bits per heavy atom. The third-order valence-electron chi connectivity index (χ3n) is 4.60. The number of hydrogen-bond donors (Lipinski definition) is 0. The predicted molar refractivity (Wildman–Crippen MR) is 108 cm³/mol. The highest BCUT2D eigenvalue weighted by Crippen LogP contribution is 2.39. The summed E-state index contributed by atoms with van der Waals surface area (Å²) in [5.74, 6) is -0.136. The second-order valence-corrected chi connectivity index (χ2v) is 8.13. The van der Waals surface area contributed by atoms with Gasteiger partial charge in [-0.25, -0.2) is 0 Å². The monoisotopic (exact) mass is 396 g/mol. The van der Waals surface area contributed by atoms with E-state index >= 15 is 0 Å². The van der Waals surface area contributed by atoms with Crippen LogP contribution in [-0.2, 0) is 11.2 Å². The van der Waals surface area contributed by atoms with Crippen molar-refractivity contribution in [3.05, 3.63) is 90.3 Å². The summed E-state index contributed by atoms with van der Waals surface area (Å²) in [4.78, 5) is 28.0. The average Bonchev–Trinajstić information content (AvgIpc) is 3.37. The Morgan fingerprint density at radius 2 is 2.00 bits per heavy atom. The van der Waals surface area contributed by atoms with Crippen LogP contribution in [0.2, 0.25) is 0 Å². The highest BCUT2D eigenvalue weighted by molar-refractivity contribution is 7.10. The van der Waals surface area contributed by atoms with Gasteiger partial charge >= 0.3 is 0 Å². The van der Waals surface area contributed by atoms with E-state index < -0.39 is 4.92 Å². The van der Waals surface area contributed by atoms with Crippen LogP contribution in [0.25, 0.3) is 6.08 Å². The molecule has 0 fully saturated rings. The van der Waals surface area contributed by atoms with E-state index in [1.165, 1.54) is 28.7 Å². The van der Waals surface area contributed by atoms with Gasteiger partial charge in [-0.05, 0) is 47.0 Å². The van der Waals surface area contributed by atoms with Crippen LogP contribution in [-0.4, -0.2) is 22.3 Å². The molecular weight excluding hydrogens is 380 g/mol. The van der Waals surface area contributed by atoms with Crippen molar-refractivity contribution in [1.29, 1.82) is 0 Å². The van der Waals surface area contributed by atoms with Crippen molar-refractivity contribution in [2.45, 2.75) is 12.5 Å². The van der Waals surface area contributed by atoms with Gasteiger partial charge in [0.25, 0.3) is 5.69 Å². The van der Waals surface area contributed by atoms with Crippen LogP contribution in [0.5, 0.6) is 0 Å². The summed E-state index contributed by atoms with van der Waals surface area (Å²) in [6.07, 6.45) is 3.81. The van der Waals surface area contributed by atoms with Crippen LogP contribution in [0, 0.1) is 10.1 Å². The first-order chi connectivity index (χ1) is 13.1. The molecule has 0 bridgehead atoms. The molecule has 3 heterocycles. The van der Waals surface area contributed by atoms with Crippen molar-refractivity contribution in [2.24, 2.45) is 0 Å². The maximum Gasteiger partial charge on any atom is 0.276 e. The van der Waals surface area contributed by atoms with Gasteiger partial charge in [0, 0.05) is 28.4 Å². The van der Waals surface area contributed by atoms with E-state index in [9.17, 15) is 14.9 Å². The van der Waals surface area contributed by atoms with Gasteiger partial charge in [-0.1, -0.05) is 18.2 Å². The number of amides is 1. The minimum atomic E-state index is -0.433. The highest BCUT2D eigenvalue weighted by Gasteiger charge is 2.32. The number of benzene rings is 1. The molecule has 4 rings (SSSR count). The Labute approximate surface area is 164 Å². The zero-order valence-electron chi connectivity index (χ0n) is 14.3. The smallest absolute Gasteiger partial charge is 0.276 e. The molecule has 1 aromatic carbocycles. The van der Waals surface area contributed by atoms with Crippen molar-refractivity contribution in [3.63, 3.8) is 0 Å². The number of nitrogens with zero attached hydrogens (tertiary/aromatic N) is 2. The maximum absolute atomic E-state index is 13.0. The fourth-order valence-electron chi connectivity index (χ4n) is 3.36. The van der Waals surface area contributed by atoms with Gasteiger partial charge in [0.05, 0.1) is 16.5 Å². The molecule has 0 radical (unpaired) electrons. The first-order valence-corrected chi connectivity index (χ1v) is 10.2. The molecule has 2 aromatic heterocycles. The molecule has 27 heavy (non-hydrogen) atoms. The van der Waals surface area contributed by atoms with Gasteiger partial charge in [-0.15, -0.1) is 22.7 Å². The van der Waals surface area contributed by atoms with Crippen LogP contribution in [0.15, 0.2) is 59.3 Å². The van der Waals surface area contributed by atoms with E-state index in [1.807, 2.05) is 22.4 Å². The van der Waals surface area contributed by atoms with E-state index in [4.69, 9.17) is 0 Å². The van der Waals surface area contributed by atoms with Crippen molar-refractivity contribution in [2.75, 3.05) is 6.54 Å². The van der Waals surface area contributed by atoms with E-state index in [1.54, 1.807) is 40.9 Å². The maximum atomic E-state index is 13.0. The first-order valence-electron chi connectivity index (χ1n) is 8.47. The molecule has 0 saturated carbocycles. The van der Waals surface area contributed by atoms with E-state index in [0.717, 1.165) is 11.3 Å². The molecule has 136 valence electrons. The van der Waals surface area contributed by atoms with Crippen molar-refractivity contribution in [3.8, 4) is 0 Å². The molecular formula is C20H16N2O3S2. The summed E-state index contributed by atoms with van der Waals surface area (Å²) in [6.45, 7) is 0.635. The van der Waals surface area contributed by atoms with Crippen LogP contribution in [0.1, 0.15) is 26.9 Å². The molecule has 7 heteroatoms. The average molecular weight is 396 g/mol. The number of carbonyl (C=O) groups is 1. The fraction of sp³-hybridized carbons (Fsp3) is 0.150. The Balaban J connectivity index is 1.64. The second kappa shape index (κ2) is 7.46. The summed E-state index contributed by atoms with van der Waals surface area (Å²) in [6, 6.07) is 12.5. The van der Waals surface area contributed by atoms with Crippen molar-refractivity contribution in [1.82, 2.24) is 4.90 Å². The molecule has 1 aliphatic rings. The molecule has 0 aliphatic carbocycles. The lowest BCUT2D eigenvalue weighted by molar-refractivity contribution is -0.385. The number of hydrogen-bond acceptors (Lipinski definition) is 5. The Morgan fingerprint density at radius 1 is 1.15 bits per heavy atom. The number of thiophene rings is 2. The molecule has 5 nitrogen and oxygen atoms in total. The second-order valence-electron chi connectivity index (χ2n) is 6.15. The van der Waals surface area contributed by atoms with Crippen LogP contribution in [0.4, 0.5) is 5.69 Å². The third kappa shape index (κ3) is 3.43. The van der Waals surface area contributed by atoms with Gasteiger partial charge in [-0.2, -0.15) is 0 Å². The lowest BCUT2D eigenvalue weighted by Gasteiger charge is -2.34. The molecule has 1 aliphatic heterocycles. The van der Waals surface area contributed by atoms with Gasteiger partial charge in [0.1, 0.15) is 0 Å². The molecule has 3 aromatic rings. The van der Waals surface area contributed by atoms with Gasteiger partial charge in [-0.3, -0.25) is 14.9 Å². The number of para-hydroxylation sites is 1. The zero-order chi connectivity index (χ0) is 18.8. The highest BCUT2D eigenvalue weighted by atomic mass is 32.1. The van der Waals surface area contributed by atoms with E-state index in [-0.39, 0.29) is 17.6 Å². The fourth-order valence-corrected chi connectivity index (χ4v) is 5.12. The van der Waals surface area contributed by atoms with E-state index in [2.05, 4.69) is 11.4 Å². The summed E-state index contributed by atoms with van der Waals surface area (Å²) in [5.41, 5.74) is 1.60. The van der Waals surface area contributed by atoms with Crippen molar-refractivity contribution < 1.29 is 9.72 Å².